The van der Waals surface area contributed by atoms with Crippen LogP contribution in [-0.4, -0.2) is 35.0 Å². The molecular formula is C20H21NO4S. The number of fused-ring (bicyclic) bond motifs is 1. The number of rotatable bonds is 3. The van der Waals surface area contributed by atoms with Gasteiger partial charge in [-0.1, -0.05) is 18.2 Å². The molecule has 2 aromatic rings. The first-order valence-corrected chi connectivity index (χ1v) is 9.67. The first-order chi connectivity index (χ1) is 12.5. The van der Waals surface area contributed by atoms with Gasteiger partial charge in [0.1, 0.15) is 17.4 Å². The summed E-state index contributed by atoms with van der Waals surface area (Å²) >= 11 is 1.54. The van der Waals surface area contributed by atoms with Gasteiger partial charge in [0.2, 0.25) is 5.91 Å². The smallest absolute Gasteiger partial charge is 0.338 e. The molecule has 0 N–H and O–H groups in total. The molecule has 1 fully saturated rings. The second-order valence-corrected chi connectivity index (χ2v) is 8.13. The van der Waals surface area contributed by atoms with Crippen molar-refractivity contribution in [3.05, 3.63) is 52.2 Å². The predicted octanol–water partition coefficient (Wildman–Crippen LogP) is 3.81. The largest absolute Gasteiger partial charge is 0.483 e. The van der Waals surface area contributed by atoms with E-state index in [1.165, 1.54) is 11.3 Å². The van der Waals surface area contributed by atoms with Gasteiger partial charge in [0.25, 0.3) is 0 Å². The Labute approximate surface area is 156 Å². The minimum absolute atomic E-state index is 0.104. The molecule has 0 radical (unpaired) electrons. The van der Waals surface area contributed by atoms with Gasteiger partial charge in [-0.3, -0.25) is 4.79 Å². The normalized spacial score (nSPS) is 24.1. The number of esters is 1. The second-order valence-electron chi connectivity index (χ2n) is 7.18. The van der Waals surface area contributed by atoms with Crippen LogP contribution in [0.1, 0.15) is 48.0 Å². The molecule has 2 unspecified atom stereocenters. The van der Waals surface area contributed by atoms with Crippen molar-refractivity contribution >= 4 is 23.2 Å². The minimum Gasteiger partial charge on any atom is -0.483 e. The molecule has 6 heteroatoms. The third kappa shape index (κ3) is 2.88. The molecule has 2 atom stereocenters. The van der Waals surface area contributed by atoms with Crippen LogP contribution in [0, 0.1) is 0 Å². The Morgan fingerprint density at radius 2 is 2.04 bits per heavy atom. The average Bonchev–Trinajstić information content (AvgIpc) is 3.24. The van der Waals surface area contributed by atoms with Gasteiger partial charge in [-0.2, -0.15) is 0 Å². The second kappa shape index (κ2) is 6.43. The third-order valence-electron chi connectivity index (χ3n) is 4.96. The van der Waals surface area contributed by atoms with Crippen LogP contribution in [0.3, 0.4) is 0 Å². The Kier molecular flexibility index (Phi) is 4.23. The zero-order chi connectivity index (χ0) is 18.3. The van der Waals surface area contributed by atoms with Gasteiger partial charge in [-0.05, 0) is 43.8 Å². The number of nitrogens with zero attached hydrogens (tertiary/aromatic N) is 1. The van der Waals surface area contributed by atoms with E-state index in [0.29, 0.717) is 18.5 Å². The Bertz CT molecular complexity index is 829. The molecule has 2 aliphatic heterocycles. The van der Waals surface area contributed by atoms with Gasteiger partial charge >= 0.3 is 5.97 Å². The Morgan fingerprint density at radius 3 is 2.73 bits per heavy atom. The van der Waals surface area contributed by atoms with Crippen molar-refractivity contribution in [1.29, 1.82) is 0 Å². The van der Waals surface area contributed by atoms with Gasteiger partial charge in [0.15, 0.2) is 6.10 Å². The lowest BCUT2D eigenvalue weighted by atomic mass is 9.89. The van der Waals surface area contributed by atoms with E-state index in [4.69, 9.17) is 9.47 Å². The first-order valence-electron chi connectivity index (χ1n) is 8.79. The zero-order valence-electron chi connectivity index (χ0n) is 14.8. The summed E-state index contributed by atoms with van der Waals surface area (Å²) in [5.41, 5.74) is -0.252. The number of carbonyl (C=O) groups is 2. The number of thiophene rings is 1. The van der Waals surface area contributed by atoms with E-state index in [1.54, 1.807) is 24.3 Å². The first kappa shape index (κ1) is 17.1. The molecule has 0 bridgehead atoms. The molecule has 0 aliphatic carbocycles. The number of carbonyl (C=O) groups excluding carboxylic acids is 2. The third-order valence-corrected chi connectivity index (χ3v) is 5.93. The van der Waals surface area contributed by atoms with E-state index in [0.717, 1.165) is 17.0 Å². The molecule has 1 amide bonds. The maximum atomic E-state index is 12.7. The molecule has 0 saturated carbocycles. The molecular weight excluding hydrogens is 350 g/mol. The van der Waals surface area contributed by atoms with Crippen LogP contribution in [0.25, 0.3) is 0 Å². The highest BCUT2D eigenvalue weighted by Crippen LogP contribution is 2.48. The molecule has 1 aromatic carbocycles. The summed E-state index contributed by atoms with van der Waals surface area (Å²) in [4.78, 5) is 28.0. The molecule has 0 spiro atoms. The van der Waals surface area contributed by atoms with Crippen LogP contribution in [-0.2, 0) is 9.53 Å². The van der Waals surface area contributed by atoms with Gasteiger partial charge in [0.05, 0.1) is 10.4 Å². The predicted molar refractivity (Wildman–Crippen MR) is 98.4 cm³/mol. The topological polar surface area (TPSA) is 55.8 Å². The summed E-state index contributed by atoms with van der Waals surface area (Å²) in [5, 5.41) is 1.95. The Hall–Kier alpha value is -2.34. The van der Waals surface area contributed by atoms with Crippen molar-refractivity contribution in [2.45, 2.75) is 44.4 Å². The molecule has 1 saturated heterocycles. The number of ether oxygens (including phenoxy) is 2. The van der Waals surface area contributed by atoms with Crippen molar-refractivity contribution in [1.82, 2.24) is 4.90 Å². The SMILES string of the molecule is CC1(C)Oc2ccsc2C(N2CCCC2=O)C1OC(=O)c1ccccc1. The fourth-order valence-corrected chi connectivity index (χ4v) is 4.65. The van der Waals surface area contributed by atoms with E-state index < -0.39 is 17.7 Å². The lowest BCUT2D eigenvalue weighted by Crippen LogP contribution is -2.55. The maximum Gasteiger partial charge on any atom is 0.338 e. The summed E-state index contributed by atoms with van der Waals surface area (Å²) in [5.74, 6) is 0.480. The average molecular weight is 371 g/mol. The summed E-state index contributed by atoms with van der Waals surface area (Å²) in [7, 11) is 0. The van der Waals surface area contributed by atoms with Crippen LogP contribution >= 0.6 is 11.3 Å². The highest BCUT2D eigenvalue weighted by Gasteiger charge is 2.51. The lowest BCUT2D eigenvalue weighted by Gasteiger charge is -2.45. The molecule has 136 valence electrons. The zero-order valence-corrected chi connectivity index (χ0v) is 15.6. The van der Waals surface area contributed by atoms with Crippen LogP contribution in [0.15, 0.2) is 41.8 Å². The van der Waals surface area contributed by atoms with Crippen LogP contribution < -0.4 is 4.74 Å². The van der Waals surface area contributed by atoms with Gasteiger partial charge in [-0.15, -0.1) is 11.3 Å². The highest BCUT2D eigenvalue weighted by atomic mass is 32.1. The van der Waals surface area contributed by atoms with Crippen molar-refractivity contribution < 1.29 is 19.1 Å². The number of likely N-dealkylation sites (tertiary alicyclic amines) is 1. The van der Waals surface area contributed by atoms with E-state index in [1.807, 2.05) is 36.3 Å². The number of hydrogen-bond donors (Lipinski definition) is 0. The van der Waals surface area contributed by atoms with Gasteiger partial charge < -0.3 is 14.4 Å². The number of benzene rings is 1. The van der Waals surface area contributed by atoms with E-state index in [2.05, 4.69) is 0 Å². The molecule has 3 heterocycles. The summed E-state index contributed by atoms with van der Waals surface area (Å²) < 4.78 is 12.1. The van der Waals surface area contributed by atoms with Crippen molar-refractivity contribution in [3.8, 4) is 5.75 Å². The molecule has 26 heavy (non-hydrogen) atoms. The van der Waals surface area contributed by atoms with Gasteiger partial charge in [0, 0.05) is 13.0 Å². The van der Waals surface area contributed by atoms with Gasteiger partial charge in [-0.25, -0.2) is 4.79 Å². The fraction of sp³-hybridized carbons (Fsp3) is 0.400. The molecule has 4 rings (SSSR count). The van der Waals surface area contributed by atoms with Crippen LogP contribution in [0.4, 0.5) is 0 Å². The number of amides is 1. The monoisotopic (exact) mass is 371 g/mol. The van der Waals surface area contributed by atoms with Crippen molar-refractivity contribution in [3.63, 3.8) is 0 Å². The Balaban J connectivity index is 1.71. The fourth-order valence-electron chi connectivity index (χ4n) is 3.70. The quantitative estimate of drug-likeness (QED) is 0.770. The van der Waals surface area contributed by atoms with Crippen molar-refractivity contribution in [2.24, 2.45) is 0 Å². The van der Waals surface area contributed by atoms with Crippen LogP contribution in [0.5, 0.6) is 5.75 Å². The molecule has 5 nitrogen and oxygen atoms in total. The standard InChI is InChI=1S/C20H21NO4S/c1-20(2)18(24-19(23)13-7-4-3-5-8-13)16(21-11-6-9-15(21)22)17-14(25-20)10-12-26-17/h3-5,7-8,10,12,16,18H,6,9,11H2,1-2H3. The number of hydrogen-bond acceptors (Lipinski definition) is 5. The highest BCUT2D eigenvalue weighted by molar-refractivity contribution is 7.10. The molecule has 1 aromatic heterocycles. The minimum atomic E-state index is -0.744. The lowest BCUT2D eigenvalue weighted by molar-refractivity contribution is -0.140. The van der Waals surface area contributed by atoms with Crippen molar-refractivity contribution in [2.75, 3.05) is 6.54 Å². The van der Waals surface area contributed by atoms with E-state index in [9.17, 15) is 9.59 Å². The summed E-state index contributed by atoms with van der Waals surface area (Å²) in [6, 6.07) is 10.5. The van der Waals surface area contributed by atoms with E-state index in [-0.39, 0.29) is 11.9 Å². The molecule has 2 aliphatic rings. The van der Waals surface area contributed by atoms with Crippen LogP contribution in [0.2, 0.25) is 0 Å². The Morgan fingerprint density at radius 1 is 1.27 bits per heavy atom. The summed E-state index contributed by atoms with van der Waals surface area (Å²) in [6.07, 6.45) is 0.789. The van der Waals surface area contributed by atoms with E-state index >= 15 is 0 Å². The maximum absolute atomic E-state index is 12.7. The summed E-state index contributed by atoms with van der Waals surface area (Å²) in [6.45, 7) is 4.49.